The number of nitrogens with one attached hydrogen (secondary N) is 1. The monoisotopic (exact) mass is 256 g/mol. The lowest BCUT2D eigenvalue weighted by Gasteiger charge is -2.06. The number of nitrogens with two attached hydrogens (primary N) is 1. The van der Waals surface area contributed by atoms with Gasteiger partial charge in [-0.2, -0.15) is 0 Å². The first-order valence-electron chi connectivity index (χ1n) is 6.75. The topological polar surface area (TPSA) is 55.1 Å². The van der Waals surface area contributed by atoms with Crippen molar-refractivity contribution in [2.24, 2.45) is 11.7 Å². The minimum Gasteiger partial charge on any atom is -0.349 e. The van der Waals surface area contributed by atoms with Crippen molar-refractivity contribution in [3.8, 4) is 11.8 Å². The Hall–Kier alpha value is -1.79. The highest BCUT2D eigenvalue weighted by atomic mass is 16.1. The summed E-state index contributed by atoms with van der Waals surface area (Å²) >= 11 is 0. The van der Waals surface area contributed by atoms with Gasteiger partial charge in [0.15, 0.2) is 0 Å². The average Bonchev–Trinajstić information content (AvgIpc) is 3.14. The highest BCUT2D eigenvalue weighted by molar-refractivity contribution is 5.95. The van der Waals surface area contributed by atoms with Crippen LogP contribution < -0.4 is 11.1 Å². The Balaban J connectivity index is 2.10. The average molecular weight is 256 g/mol. The van der Waals surface area contributed by atoms with Crippen molar-refractivity contribution in [2.45, 2.75) is 32.7 Å². The molecule has 3 nitrogen and oxygen atoms in total. The van der Waals surface area contributed by atoms with Gasteiger partial charge in [-0.25, -0.2) is 0 Å². The molecule has 0 saturated heterocycles. The molecule has 1 aliphatic rings. The van der Waals surface area contributed by atoms with Gasteiger partial charge in [0.05, 0.1) is 6.54 Å². The molecule has 2 atom stereocenters. The number of carbonyl (C=O) groups excluding carboxylic acids is 1. The number of carbonyl (C=O) groups is 1. The Morgan fingerprint density at radius 2 is 2.26 bits per heavy atom. The number of rotatable bonds is 3. The van der Waals surface area contributed by atoms with Crippen LogP contribution in [0.25, 0.3) is 0 Å². The normalized spacial score (nSPS) is 20.4. The van der Waals surface area contributed by atoms with Crippen LogP contribution in [-0.2, 0) is 0 Å². The summed E-state index contributed by atoms with van der Waals surface area (Å²) in [4.78, 5) is 12.2. The van der Waals surface area contributed by atoms with Gasteiger partial charge in [0.25, 0.3) is 5.91 Å². The molecular weight excluding hydrogens is 236 g/mol. The van der Waals surface area contributed by atoms with E-state index in [9.17, 15) is 4.79 Å². The summed E-state index contributed by atoms with van der Waals surface area (Å²) in [7, 11) is 0. The van der Waals surface area contributed by atoms with E-state index in [4.69, 9.17) is 5.73 Å². The predicted octanol–water partition coefficient (Wildman–Crippen LogP) is 1.83. The first-order valence-corrected chi connectivity index (χ1v) is 6.75. The minimum atomic E-state index is 0.000415. The zero-order valence-corrected chi connectivity index (χ0v) is 11.5. The van der Waals surface area contributed by atoms with Gasteiger partial charge in [0.2, 0.25) is 0 Å². The molecule has 0 aromatic heterocycles. The molecule has 1 aromatic carbocycles. The molecule has 1 amide bonds. The molecule has 2 rings (SSSR count). The third-order valence-corrected chi connectivity index (χ3v) is 3.44. The van der Waals surface area contributed by atoms with Gasteiger partial charge in [-0.3, -0.25) is 4.79 Å². The van der Waals surface area contributed by atoms with Crippen molar-refractivity contribution in [3.05, 3.63) is 34.9 Å². The van der Waals surface area contributed by atoms with Gasteiger partial charge in [-0.1, -0.05) is 25.2 Å². The van der Waals surface area contributed by atoms with E-state index in [1.807, 2.05) is 25.1 Å². The largest absolute Gasteiger partial charge is 0.349 e. The molecule has 1 aliphatic carbocycles. The second kappa shape index (κ2) is 5.90. The van der Waals surface area contributed by atoms with Gasteiger partial charge in [-0.05, 0) is 43.0 Å². The maximum Gasteiger partial charge on any atom is 0.251 e. The van der Waals surface area contributed by atoms with Crippen molar-refractivity contribution in [3.63, 3.8) is 0 Å². The Bertz CT molecular complexity index is 539. The quantitative estimate of drug-likeness (QED) is 0.811. The molecule has 19 heavy (non-hydrogen) atoms. The van der Waals surface area contributed by atoms with Crippen molar-refractivity contribution in [1.29, 1.82) is 0 Å². The Kier molecular flexibility index (Phi) is 4.24. The molecule has 0 aliphatic heterocycles. The summed E-state index contributed by atoms with van der Waals surface area (Å²) in [6.45, 7) is 4.45. The fourth-order valence-electron chi connectivity index (χ4n) is 2.27. The Morgan fingerprint density at radius 1 is 1.47 bits per heavy atom. The summed E-state index contributed by atoms with van der Waals surface area (Å²) in [6, 6.07) is 6.04. The van der Waals surface area contributed by atoms with Crippen LogP contribution >= 0.6 is 0 Å². The van der Waals surface area contributed by atoms with Crippen LogP contribution in [0.2, 0.25) is 0 Å². The van der Waals surface area contributed by atoms with E-state index in [1.54, 1.807) is 0 Å². The van der Waals surface area contributed by atoms with Crippen LogP contribution in [0.3, 0.4) is 0 Å². The van der Waals surface area contributed by atoms with Crippen LogP contribution in [0.15, 0.2) is 18.2 Å². The molecular formula is C16H20N2O. The first kappa shape index (κ1) is 13.6. The molecule has 3 heteroatoms. The van der Waals surface area contributed by atoms with E-state index in [0.29, 0.717) is 24.1 Å². The maximum atomic E-state index is 12.2. The molecule has 100 valence electrons. The minimum absolute atomic E-state index is 0.000415. The van der Waals surface area contributed by atoms with Gasteiger partial charge in [0.1, 0.15) is 0 Å². The zero-order valence-electron chi connectivity index (χ0n) is 11.5. The maximum absolute atomic E-state index is 12.2. The molecule has 1 aromatic rings. The van der Waals surface area contributed by atoms with Crippen LogP contribution in [0, 0.1) is 24.7 Å². The fraction of sp³-hybridized carbons (Fsp3) is 0.438. The predicted molar refractivity (Wildman–Crippen MR) is 76.8 cm³/mol. The molecule has 0 radical (unpaired) electrons. The van der Waals surface area contributed by atoms with E-state index < -0.39 is 0 Å². The van der Waals surface area contributed by atoms with Gasteiger partial charge < -0.3 is 11.1 Å². The first-order chi connectivity index (χ1) is 9.13. The number of benzene rings is 1. The summed E-state index contributed by atoms with van der Waals surface area (Å²) in [5, 5.41) is 3.07. The summed E-state index contributed by atoms with van der Waals surface area (Å²) < 4.78 is 0. The SMILES string of the molecule is CCC1CC1NC(=O)c1cc(C)cc(C#CCN)c1. The van der Waals surface area contributed by atoms with E-state index >= 15 is 0 Å². The number of amides is 1. The molecule has 3 N–H and O–H groups in total. The number of hydrogen-bond acceptors (Lipinski definition) is 2. The number of hydrogen-bond donors (Lipinski definition) is 2. The Morgan fingerprint density at radius 3 is 2.89 bits per heavy atom. The van der Waals surface area contributed by atoms with E-state index in [1.165, 1.54) is 0 Å². The van der Waals surface area contributed by atoms with Crippen LogP contribution in [0.5, 0.6) is 0 Å². The fourth-order valence-corrected chi connectivity index (χ4v) is 2.27. The van der Waals surface area contributed by atoms with Gasteiger partial charge in [-0.15, -0.1) is 0 Å². The molecule has 0 heterocycles. The zero-order chi connectivity index (χ0) is 13.8. The third-order valence-electron chi connectivity index (χ3n) is 3.44. The second-order valence-corrected chi connectivity index (χ2v) is 5.08. The van der Waals surface area contributed by atoms with E-state index in [-0.39, 0.29) is 5.91 Å². The van der Waals surface area contributed by atoms with Gasteiger partial charge >= 0.3 is 0 Å². The standard InChI is InChI=1S/C16H20N2O/c1-3-13-10-15(13)18-16(19)14-8-11(2)7-12(9-14)5-4-6-17/h7-9,13,15H,3,6,10,17H2,1-2H3,(H,18,19). The molecule has 1 fully saturated rings. The lowest BCUT2D eigenvalue weighted by molar-refractivity contribution is 0.0949. The van der Waals surface area contributed by atoms with Crippen molar-refractivity contribution >= 4 is 5.91 Å². The van der Waals surface area contributed by atoms with Crippen LogP contribution in [0.1, 0.15) is 41.3 Å². The van der Waals surface area contributed by atoms with Crippen LogP contribution in [-0.4, -0.2) is 18.5 Å². The van der Waals surface area contributed by atoms with Crippen molar-refractivity contribution < 1.29 is 4.79 Å². The highest BCUT2D eigenvalue weighted by Crippen LogP contribution is 2.33. The van der Waals surface area contributed by atoms with Crippen molar-refractivity contribution in [2.75, 3.05) is 6.54 Å². The lowest BCUT2D eigenvalue weighted by atomic mass is 10.1. The smallest absolute Gasteiger partial charge is 0.251 e. The van der Waals surface area contributed by atoms with E-state index in [0.717, 1.165) is 24.0 Å². The molecule has 0 bridgehead atoms. The summed E-state index contributed by atoms with van der Waals surface area (Å²) in [5.41, 5.74) is 7.93. The second-order valence-electron chi connectivity index (χ2n) is 5.08. The molecule has 2 unspecified atom stereocenters. The third kappa shape index (κ3) is 3.59. The molecule has 0 spiro atoms. The summed E-state index contributed by atoms with van der Waals surface area (Å²) in [5.74, 6) is 6.45. The summed E-state index contributed by atoms with van der Waals surface area (Å²) in [6.07, 6.45) is 2.24. The number of aryl methyl sites for hydroxylation is 1. The Labute approximate surface area is 114 Å². The van der Waals surface area contributed by atoms with Crippen molar-refractivity contribution in [1.82, 2.24) is 5.32 Å². The van der Waals surface area contributed by atoms with Gasteiger partial charge in [0, 0.05) is 17.2 Å². The lowest BCUT2D eigenvalue weighted by Crippen LogP contribution is -2.26. The van der Waals surface area contributed by atoms with Crippen LogP contribution in [0.4, 0.5) is 0 Å². The molecule has 1 saturated carbocycles. The highest BCUT2D eigenvalue weighted by Gasteiger charge is 2.36. The van der Waals surface area contributed by atoms with E-state index in [2.05, 4.69) is 24.1 Å².